The molecule has 0 atom stereocenters. The van der Waals surface area contributed by atoms with Crippen LogP contribution in [0.25, 0.3) is 32.9 Å². The Kier molecular flexibility index (Phi) is 7.06. The summed E-state index contributed by atoms with van der Waals surface area (Å²) in [5, 5.41) is 3.39. The molecule has 0 fully saturated rings. The lowest BCUT2D eigenvalue weighted by molar-refractivity contribution is 0.318. The molecule has 0 aliphatic heterocycles. The highest BCUT2D eigenvalue weighted by Gasteiger charge is 2.11. The van der Waals surface area contributed by atoms with E-state index in [0.717, 1.165) is 33.3 Å². The monoisotopic (exact) mass is 453 g/mol. The van der Waals surface area contributed by atoms with E-state index < -0.39 is 10.7 Å². The zero-order valence-corrected chi connectivity index (χ0v) is 18.8. The first-order valence-corrected chi connectivity index (χ1v) is 12.2. The topological polar surface area (TPSA) is 65.5 Å². The maximum Gasteiger partial charge on any atom is 0.140 e. The Bertz CT molecular complexity index is 1260. The van der Waals surface area contributed by atoms with Gasteiger partial charge in [0.25, 0.3) is 0 Å². The van der Waals surface area contributed by atoms with Gasteiger partial charge in [-0.05, 0) is 65.8 Å². The summed E-state index contributed by atoms with van der Waals surface area (Å²) in [6, 6.07) is 22.4. The fraction of sp³-hybridized carbons (Fsp3) is 0.208. The van der Waals surface area contributed by atoms with Crippen LogP contribution in [0.4, 0.5) is 0 Å². The Morgan fingerprint density at radius 1 is 0.935 bits per heavy atom. The van der Waals surface area contributed by atoms with E-state index in [4.69, 9.17) is 13.9 Å². The molecule has 5 nitrogen and oxygen atoms in total. The van der Waals surface area contributed by atoms with Gasteiger partial charge >= 0.3 is 0 Å². The highest BCUT2D eigenvalue weighted by atomic mass is 32.2. The van der Waals surface area contributed by atoms with Crippen LogP contribution in [-0.4, -0.2) is 32.9 Å². The van der Waals surface area contributed by atoms with Gasteiger partial charge in [-0.2, -0.15) is 0 Å². The normalized spacial score (nSPS) is 11.4. The Hall–Kier alpha value is -2.61. The molecule has 0 radical (unpaired) electrons. The molecule has 160 valence electrons. The fourth-order valence-electron chi connectivity index (χ4n) is 3.53. The van der Waals surface area contributed by atoms with Crippen LogP contribution in [0, 0.1) is 0 Å². The number of aromatic nitrogens is 1. The molecule has 0 bridgehead atoms. The Labute approximate surface area is 187 Å². The molecule has 1 heterocycles. The summed E-state index contributed by atoms with van der Waals surface area (Å²) in [5.74, 6) is 1.64. The molecule has 0 unspecified atom stereocenters. The van der Waals surface area contributed by atoms with Crippen LogP contribution in [0.1, 0.15) is 12.0 Å². The van der Waals surface area contributed by atoms with Crippen LogP contribution in [0.15, 0.2) is 66.7 Å². The number of hydrogen-bond acceptors (Lipinski definition) is 6. The van der Waals surface area contributed by atoms with E-state index in [0.29, 0.717) is 18.8 Å². The molecule has 7 heteroatoms. The van der Waals surface area contributed by atoms with Crippen LogP contribution in [0.5, 0.6) is 5.75 Å². The van der Waals surface area contributed by atoms with Gasteiger partial charge in [-0.15, -0.1) is 0 Å². The Morgan fingerprint density at radius 2 is 1.74 bits per heavy atom. The summed E-state index contributed by atoms with van der Waals surface area (Å²) in [6.45, 7) is 0.377. The van der Waals surface area contributed by atoms with E-state index in [2.05, 4.69) is 24.3 Å². The lowest BCUT2D eigenvalue weighted by atomic mass is 9.98. The summed E-state index contributed by atoms with van der Waals surface area (Å²) < 4.78 is 32.1. The van der Waals surface area contributed by atoms with Gasteiger partial charge < -0.3 is 8.92 Å². The van der Waals surface area contributed by atoms with Crippen molar-refractivity contribution in [2.75, 3.05) is 19.5 Å². The van der Waals surface area contributed by atoms with Gasteiger partial charge in [-0.3, -0.25) is 0 Å². The van der Waals surface area contributed by atoms with Crippen LogP contribution in [-0.2, 0) is 20.6 Å². The maximum absolute atomic E-state index is 10.7. The van der Waals surface area contributed by atoms with Crippen molar-refractivity contribution >= 4 is 44.4 Å². The Balaban J connectivity index is 1.69. The van der Waals surface area contributed by atoms with Crippen molar-refractivity contribution in [1.29, 1.82) is 0 Å². The third-order valence-electron chi connectivity index (χ3n) is 4.99. The predicted octanol–water partition coefficient (Wildman–Crippen LogP) is 5.23. The minimum atomic E-state index is -2.35. The van der Waals surface area contributed by atoms with Gasteiger partial charge in [0.1, 0.15) is 16.5 Å². The minimum Gasteiger partial charge on any atom is -0.494 e. The average molecular weight is 454 g/mol. The second-order valence-corrected chi connectivity index (χ2v) is 9.04. The first-order chi connectivity index (χ1) is 15.2. The van der Waals surface area contributed by atoms with E-state index in [9.17, 15) is 8.42 Å². The molecule has 4 aromatic rings. The van der Waals surface area contributed by atoms with Crippen molar-refractivity contribution in [2.45, 2.75) is 12.2 Å². The number of thiol groups is 1. The van der Waals surface area contributed by atoms with Crippen molar-refractivity contribution in [2.24, 2.45) is 0 Å². The second-order valence-electron chi connectivity index (χ2n) is 7.07. The molecule has 0 saturated heterocycles. The van der Waals surface area contributed by atoms with Crippen molar-refractivity contribution in [1.82, 2.24) is 4.98 Å². The van der Waals surface area contributed by atoms with E-state index in [1.165, 1.54) is 23.0 Å². The van der Waals surface area contributed by atoms with Crippen molar-refractivity contribution in [3.05, 3.63) is 72.3 Å². The third kappa shape index (κ3) is 5.18. The van der Waals surface area contributed by atoms with E-state index in [-0.39, 0.29) is 5.75 Å². The van der Waals surface area contributed by atoms with E-state index >= 15 is 0 Å². The molecule has 31 heavy (non-hydrogen) atoms. The van der Waals surface area contributed by atoms with Crippen molar-refractivity contribution < 1.29 is 17.3 Å². The first kappa shape index (κ1) is 21.6. The van der Waals surface area contributed by atoms with Gasteiger partial charge in [0, 0.05) is 22.1 Å². The SMILES string of the molecule is COSCc1ccc2c(-c3ccc(OCCC[SH](=O)=O)cc3)nc3ccccc3c2c1. The third-order valence-corrected chi connectivity index (χ3v) is 6.36. The van der Waals surface area contributed by atoms with E-state index in [1.807, 2.05) is 42.5 Å². The molecule has 1 aromatic heterocycles. The number of rotatable bonds is 9. The number of para-hydroxylation sites is 1. The van der Waals surface area contributed by atoms with Crippen LogP contribution in [0.2, 0.25) is 0 Å². The number of nitrogens with zero attached hydrogens (tertiary/aromatic N) is 1. The van der Waals surface area contributed by atoms with Crippen molar-refractivity contribution in [3.8, 4) is 17.0 Å². The van der Waals surface area contributed by atoms with E-state index in [1.54, 1.807) is 7.11 Å². The quantitative estimate of drug-likeness (QED) is 0.162. The summed E-state index contributed by atoms with van der Waals surface area (Å²) in [7, 11) is -0.669. The molecule has 0 amide bonds. The van der Waals surface area contributed by atoms with Crippen LogP contribution in [0.3, 0.4) is 0 Å². The zero-order chi connectivity index (χ0) is 21.6. The van der Waals surface area contributed by atoms with Gasteiger partial charge in [0.15, 0.2) is 0 Å². The molecule has 0 aliphatic rings. The molecule has 3 aromatic carbocycles. The highest BCUT2D eigenvalue weighted by molar-refractivity contribution is 7.93. The lowest BCUT2D eigenvalue weighted by Gasteiger charge is -2.12. The molecule has 0 spiro atoms. The number of fused-ring (bicyclic) bond motifs is 3. The number of pyridine rings is 1. The summed E-state index contributed by atoms with van der Waals surface area (Å²) >= 11 is 1.42. The summed E-state index contributed by atoms with van der Waals surface area (Å²) in [5.41, 5.74) is 4.08. The smallest absolute Gasteiger partial charge is 0.140 e. The van der Waals surface area contributed by atoms with Crippen molar-refractivity contribution in [3.63, 3.8) is 0 Å². The molecule has 4 rings (SSSR count). The fourth-order valence-corrected chi connectivity index (χ4v) is 4.35. The highest BCUT2D eigenvalue weighted by Crippen LogP contribution is 2.34. The second kappa shape index (κ2) is 10.1. The largest absolute Gasteiger partial charge is 0.494 e. The molecule has 0 N–H and O–H groups in total. The Morgan fingerprint density at radius 3 is 2.52 bits per heavy atom. The maximum atomic E-state index is 10.7. The number of benzene rings is 3. The van der Waals surface area contributed by atoms with Crippen LogP contribution < -0.4 is 4.74 Å². The summed E-state index contributed by atoms with van der Waals surface area (Å²) in [4.78, 5) is 4.95. The standard InChI is InChI=1S/C24H23NO4S2/c1-28-30-16-17-7-12-21-22(15-17)20-5-2-3-6-23(20)25-24(21)18-8-10-19(11-9-18)29-13-4-14-31(26)27/h2-3,5-12,15,31H,4,13-14,16H2,1H3. The molecule has 0 aliphatic carbocycles. The van der Waals surface area contributed by atoms with Gasteiger partial charge in [-0.25, -0.2) is 13.4 Å². The molecular formula is C24H23NO4S2. The first-order valence-electron chi connectivity index (χ1n) is 9.98. The molecular weight excluding hydrogens is 430 g/mol. The van der Waals surface area contributed by atoms with Gasteiger partial charge in [0.05, 0.1) is 30.7 Å². The number of ether oxygens (including phenoxy) is 1. The predicted molar refractivity (Wildman–Crippen MR) is 128 cm³/mol. The summed E-state index contributed by atoms with van der Waals surface area (Å²) in [6.07, 6.45) is 0.487. The number of hydrogen-bond donors (Lipinski definition) is 1. The van der Waals surface area contributed by atoms with Gasteiger partial charge in [0.2, 0.25) is 0 Å². The zero-order valence-electron chi connectivity index (χ0n) is 17.1. The molecule has 0 saturated carbocycles. The van der Waals surface area contributed by atoms with Gasteiger partial charge in [-0.1, -0.05) is 30.3 Å². The van der Waals surface area contributed by atoms with Crippen LogP contribution >= 0.6 is 12.0 Å². The average Bonchev–Trinajstić information content (AvgIpc) is 2.80. The minimum absolute atomic E-state index is 0.144. The lowest BCUT2D eigenvalue weighted by Crippen LogP contribution is -2.01.